The van der Waals surface area contributed by atoms with Crippen LogP contribution in [0.4, 0.5) is 5.00 Å². The van der Waals surface area contributed by atoms with Crippen molar-refractivity contribution in [2.45, 2.75) is 27.7 Å². The smallest absolute Gasteiger partial charge is 0.348 e. The number of ether oxygens (including phenoxy) is 3. The van der Waals surface area contributed by atoms with Crippen LogP contribution in [0, 0.1) is 6.92 Å². The zero-order valence-electron chi connectivity index (χ0n) is 17.4. The van der Waals surface area contributed by atoms with E-state index in [4.69, 9.17) is 14.2 Å². The van der Waals surface area contributed by atoms with E-state index in [1.54, 1.807) is 26.8 Å². The predicted octanol–water partition coefficient (Wildman–Crippen LogP) is 4.46. The predicted molar refractivity (Wildman–Crippen MR) is 116 cm³/mol. The van der Waals surface area contributed by atoms with Crippen LogP contribution in [0.15, 0.2) is 30.3 Å². The number of carbonyl (C=O) groups excluding carboxylic acids is 3. The van der Waals surface area contributed by atoms with E-state index >= 15 is 0 Å². The normalized spacial score (nSPS) is 10.7. The number of amides is 1. The van der Waals surface area contributed by atoms with E-state index in [1.165, 1.54) is 6.08 Å². The molecule has 1 N–H and O–H groups in total. The third kappa shape index (κ3) is 5.70. The molecule has 0 saturated carbocycles. The van der Waals surface area contributed by atoms with Gasteiger partial charge >= 0.3 is 11.9 Å². The van der Waals surface area contributed by atoms with E-state index in [2.05, 4.69) is 5.32 Å². The fourth-order valence-electron chi connectivity index (χ4n) is 2.67. The van der Waals surface area contributed by atoms with Gasteiger partial charge in [0.2, 0.25) is 5.91 Å². The van der Waals surface area contributed by atoms with Gasteiger partial charge in [0.25, 0.3) is 0 Å². The van der Waals surface area contributed by atoms with Crippen molar-refractivity contribution < 1.29 is 28.6 Å². The molecule has 0 aliphatic carbocycles. The monoisotopic (exact) mass is 431 g/mol. The van der Waals surface area contributed by atoms with Gasteiger partial charge in [0.1, 0.15) is 15.6 Å². The van der Waals surface area contributed by atoms with Crippen LogP contribution in [0.1, 0.15) is 51.9 Å². The molecule has 0 bridgehead atoms. The molecule has 0 aliphatic rings. The molecule has 7 nitrogen and oxygen atoms in total. The lowest BCUT2D eigenvalue weighted by atomic mass is 10.1. The number of hydrogen-bond acceptors (Lipinski definition) is 7. The minimum Gasteiger partial charge on any atom is -0.493 e. The summed E-state index contributed by atoms with van der Waals surface area (Å²) in [5, 5.41) is 2.91. The Kier molecular flexibility index (Phi) is 8.61. The number of esters is 2. The average molecular weight is 432 g/mol. The summed E-state index contributed by atoms with van der Waals surface area (Å²) in [5.74, 6) is -0.952. The van der Waals surface area contributed by atoms with Gasteiger partial charge in [-0.15, -0.1) is 11.3 Å². The van der Waals surface area contributed by atoms with Crippen molar-refractivity contribution in [3.63, 3.8) is 0 Å². The highest BCUT2D eigenvalue weighted by atomic mass is 32.1. The highest BCUT2D eigenvalue weighted by molar-refractivity contribution is 7.18. The highest BCUT2D eigenvalue weighted by Gasteiger charge is 2.27. The van der Waals surface area contributed by atoms with Crippen LogP contribution in [-0.2, 0) is 14.3 Å². The van der Waals surface area contributed by atoms with E-state index in [-0.39, 0.29) is 28.7 Å². The molecule has 0 radical (unpaired) electrons. The molecule has 1 amide bonds. The van der Waals surface area contributed by atoms with Gasteiger partial charge < -0.3 is 19.5 Å². The van der Waals surface area contributed by atoms with Crippen molar-refractivity contribution in [3.8, 4) is 5.75 Å². The molecule has 8 heteroatoms. The molecule has 0 saturated heterocycles. The summed E-state index contributed by atoms with van der Waals surface area (Å²) in [6.45, 7) is 7.76. The van der Waals surface area contributed by atoms with Crippen molar-refractivity contribution in [1.82, 2.24) is 0 Å². The lowest BCUT2D eigenvalue weighted by Gasteiger charge is -2.07. The standard InChI is InChI=1S/C22H25NO6S/c1-5-27-16-11-9-8-10-15(16)12-13-17(24)23-20-18(21(25)28-6-2)14(4)19(30-20)22(26)29-7-3/h8-13H,5-7H2,1-4H3,(H,23,24)/b13-12+. The summed E-state index contributed by atoms with van der Waals surface area (Å²) < 4.78 is 15.7. The molecule has 2 rings (SSSR count). The van der Waals surface area contributed by atoms with Crippen molar-refractivity contribution in [2.75, 3.05) is 25.1 Å². The summed E-state index contributed by atoms with van der Waals surface area (Å²) in [5.41, 5.74) is 1.31. The molecule has 30 heavy (non-hydrogen) atoms. The highest BCUT2D eigenvalue weighted by Crippen LogP contribution is 2.34. The number of anilines is 1. The molecular formula is C22H25NO6S. The molecular weight excluding hydrogens is 406 g/mol. The Morgan fingerprint density at radius 3 is 2.33 bits per heavy atom. The molecule has 0 fully saturated rings. The van der Waals surface area contributed by atoms with Crippen molar-refractivity contribution in [2.24, 2.45) is 0 Å². The van der Waals surface area contributed by atoms with Gasteiger partial charge in [0.05, 0.1) is 25.4 Å². The van der Waals surface area contributed by atoms with E-state index in [9.17, 15) is 14.4 Å². The van der Waals surface area contributed by atoms with Crippen molar-refractivity contribution >= 4 is 40.3 Å². The van der Waals surface area contributed by atoms with Crippen LogP contribution in [0.25, 0.3) is 6.08 Å². The van der Waals surface area contributed by atoms with Gasteiger partial charge in [-0.25, -0.2) is 9.59 Å². The summed E-state index contributed by atoms with van der Waals surface area (Å²) in [7, 11) is 0. The minimum absolute atomic E-state index is 0.154. The van der Waals surface area contributed by atoms with Crippen LogP contribution in [0.2, 0.25) is 0 Å². The number of carbonyl (C=O) groups is 3. The Balaban J connectivity index is 2.30. The van der Waals surface area contributed by atoms with Crippen molar-refractivity contribution in [1.29, 1.82) is 0 Å². The summed E-state index contributed by atoms with van der Waals surface area (Å²) in [6.07, 6.45) is 2.96. The molecule has 160 valence electrons. The average Bonchev–Trinajstić information content (AvgIpc) is 3.04. The third-order valence-corrected chi connectivity index (χ3v) is 5.14. The Bertz CT molecular complexity index is 947. The van der Waals surface area contributed by atoms with E-state index in [0.717, 1.165) is 16.9 Å². The minimum atomic E-state index is -0.609. The zero-order valence-corrected chi connectivity index (χ0v) is 18.3. The molecule has 1 aromatic heterocycles. The van der Waals surface area contributed by atoms with E-state index < -0.39 is 17.8 Å². The SMILES string of the molecule is CCOC(=O)c1sc(NC(=O)/C=C/c2ccccc2OCC)c(C(=O)OCC)c1C. The molecule has 0 aliphatic heterocycles. The lowest BCUT2D eigenvalue weighted by Crippen LogP contribution is -2.13. The van der Waals surface area contributed by atoms with Gasteiger partial charge in [-0.2, -0.15) is 0 Å². The fraction of sp³-hybridized carbons (Fsp3) is 0.318. The Morgan fingerprint density at radius 1 is 1.00 bits per heavy atom. The van der Waals surface area contributed by atoms with Gasteiger partial charge in [0.15, 0.2) is 0 Å². The maximum atomic E-state index is 12.5. The molecule has 1 aromatic carbocycles. The van der Waals surface area contributed by atoms with E-state index in [1.807, 2.05) is 31.2 Å². The maximum Gasteiger partial charge on any atom is 0.348 e. The van der Waals surface area contributed by atoms with Gasteiger partial charge in [-0.05, 0) is 45.4 Å². The molecule has 1 heterocycles. The molecule has 2 aromatic rings. The van der Waals surface area contributed by atoms with Gasteiger partial charge in [-0.1, -0.05) is 18.2 Å². The Labute approximate surface area is 179 Å². The zero-order chi connectivity index (χ0) is 22.1. The van der Waals surface area contributed by atoms with Crippen LogP contribution < -0.4 is 10.1 Å². The number of thiophene rings is 1. The first-order chi connectivity index (χ1) is 14.4. The van der Waals surface area contributed by atoms with Crippen LogP contribution in [-0.4, -0.2) is 37.7 Å². The van der Waals surface area contributed by atoms with Gasteiger partial charge in [0, 0.05) is 11.6 Å². The van der Waals surface area contributed by atoms with Crippen LogP contribution in [0.3, 0.4) is 0 Å². The molecule has 0 spiro atoms. The second kappa shape index (κ2) is 11.2. The fourth-order valence-corrected chi connectivity index (χ4v) is 3.76. The Morgan fingerprint density at radius 2 is 1.67 bits per heavy atom. The van der Waals surface area contributed by atoms with Crippen LogP contribution >= 0.6 is 11.3 Å². The Hall–Kier alpha value is -3.13. The summed E-state index contributed by atoms with van der Waals surface area (Å²) >= 11 is 0.984. The van der Waals surface area contributed by atoms with E-state index in [0.29, 0.717) is 17.9 Å². The third-order valence-electron chi connectivity index (χ3n) is 3.96. The quantitative estimate of drug-likeness (QED) is 0.466. The first-order valence-corrected chi connectivity index (χ1v) is 10.4. The number of benzene rings is 1. The molecule has 0 unspecified atom stereocenters. The second-order valence-electron chi connectivity index (χ2n) is 5.99. The topological polar surface area (TPSA) is 90.9 Å². The van der Waals surface area contributed by atoms with Gasteiger partial charge in [-0.3, -0.25) is 4.79 Å². The summed E-state index contributed by atoms with van der Waals surface area (Å²) in [6, 6.07) is 7.33. The number of rotatable bonds is 9. The number of para-hydroxylation sites is 1. The number of hydrogen-bond donors (Lipinski definition) is 1. The maximum absolute atomic E-state index is 12.5. The largest absolute Gasteiger partial charge is 0.493 e. The summed E-state index contributed by atoms with van der Waals surface area (Å²) in [4.78, 5) is 37.4. The number of nitrogens with one attached hydrogen (secondary N) is 1. The lowest BCUT2D eigenvalue weighted by molar-refractivity contribution is -0.111. The first-order valence-electron chi connectivity index (χ1n) is 9.61. The second-order valence-corrected chi connectivity index (χ2v) is 7.02. The first kappa shape index (κ1) is 23.2. The van der Waals surface area contributed by atoms with Crippen molar-refractivity contribution in [3.05, 3.63) is 51.9 Å². The molecule has 0 atom stereocenters. The van der Waals surface area contributed by atoms with Crippen LogP contribution in [0.5, 0.6) is 5.75 Å².